The first-order chi connectivity index (χ1) is 6.87. The van der Waals surface area contributed by atoms with E-state index in [4.69, 9.17) is 11.6 Å². The van der Waals surface area contributed by atoms with E-state index < -0.39 is 15.6 Å². The minimum Gasteiger partial charge on any atom is -0.389 e. The van der Waals surface area contributed by atoms with Crippen molar-refractivity contribution in [3.63, 3.8) is 0 Å². The van der Waals surface area contributed by atoms with Crippen molar-refractivity contribution in [3.05, 3.63) is 0 Å². The molecule has 0 aromatic heterocycles. The fourth-order valence-electron chi connectivity index (χ4n) is 1.48. The molecule has 0 radical (unpaired) electrons. The minimum absolute atomic E-state index is 0.0204. The number of halogens is 1. The third-order valence-electron chi connectivity index (χ3n) is 2.67. The Balaban J connectivity index is 2.36. The quantitative estimate of drug-likeness (QED) is 0.687. The van der Waals surface area contributed by atoms with Gasteiger partial charge in [-0.2, -0.15) is 0 Å². The molecular weight excluding hydrogens is 238 g/mol. The summed E-state index contributed by atoms with van der Waals surface area (Å²) in [4.78, 5) is 0. The van der Waals surface area contributed by atoms with Crippen molar-refractivity contribution < 1.29 is 13.5 Å². The van der Waals surface area contributed by atoms with Crippen LogP contribution in [0.25, 0.3) is 0 Å². The standard InChI is InChI=1S/C9H18ClNO3S/c1-8(5-10)6-15(13,14)11-7-9(12)3-2-4-9/h8,11-12H,2-7H2,1H3. The fraction of sp³-hybridized carbons (Fsp3) is 1.00. The van der Waals surface area contributed by atoms with Gasteiger partial charge in [-0.05, 0) is 25.2 Å². The highest BCUT2D eigenvalue weighted by Gasteiger charge is 2.35. The first kappa shape index (κ1) is 13.2. The first-order valence-electron chi connectivity index (χ1n) is 5.13. The van der Waals surface area contributed by atoms with E-state index in [1.54, 1.807) is 6.92 Å². The van der Waals surface area contributed by atoms with Crippen LogP contribution in [0.15, 0.2) is 0 Å². The van der Waals surface area contributed by atoms with Crippen molar-refractivity contribution in [2.24, 2.45) is 5.92 Å². The van der Waals surface area contributed by atoms with Crippen LogP contribution in [-0.4, -0.2) is 37.3 Å². The average molecular weight is 256 g/mol. The van der Waals surface area contributed by atoms with Crippen LogP contribution in [0.2, 0.25) is 0 Å². The molecule has 1 saturated carbocycles. The van der Waals surface area contributed by atoms with Gasteiger partial charge in [0, 0.05) is 12.4 Å². The summed E-state index contributed by atoms with van der Waals surface area (Å²) in [7, 11) is -3.30. The van der Waals surface area contributed by atoms with E-state index in [0.29, 0.717) is 18.7 Å². The van der Waals surface area contributed by atoms with Gasteiger partial charge < -0.3 is 5.11 Å². The molecule has 15 heavy (non-hydrogen) atoms. The van der Waals surface area contributed by atoms with Crippen molar-refractivity contribution >= 4 is 21.6 Å². The van der Waals surface area contributed by atoms with E-state index in [1.807, 2.05) is 0 Å². The van der Waals surface area contributed by atoms with Crippen LogP contribution in [0.4, 0.5) is 0 Å². The van der Waals surface area contributed by atoms with Gasteiger partial charge in [0.15, 0.2) is 0 Å². The summed E-state index contributed by atoms with van der Waals surface area (Å²) in [6.45, 7) is 1.91. The third-order valence-corrected chi connectivity index (χ3v) is 4.79. The molecule has 0 saturated heterocycles. The molecule has 6 heteroatoms. The Bertz CT molecular complexity index is 300. The summed E-state index contributed by atoms with van der Waals surface area (Å²) in [5.41, 5.74) is -0.808. The van der Waals surface area contributed by atoms with E-state index >= 15 is 0 Å². The zero-order valence-corrected chi connectivity index (χ0v) is 10.4. The lowest BCUT2D eigenvalue weighted by atomic mass is 9.81. The van der Waals surface area contributed by atoms with Crippen molar-refractivity contribution in [2.45, 2.75) is 31.8 Å². The highest BCUT2D eigenvalue weighted by atomic mass is 35.5. The van der Waals surface area contributed by atoms with Gasteiger partial charge in [0.1, 0.15) is 0 Å². The number of aliphatic hydroxyl groups is 1. The maximum atomic E-state index is 11.5. The van der Waals surface area contributed by atoms with Crippen LogP contribution in [0.1, 0.15) is 26.2 Å². The summed E-state index contributed by atoms with van der Waals surface area (Å²) >= 11 is 5.54. The van der Waals surface area contributed by atoms with Crippen molar-refractivity contribution in [1.82, 2.24) is 4.72 Å². The summed E-state index contributed by atoms with van der Waals surface area (Å²) in [6, 6.07) is 0. The minimum atomic E-state index is -3.30. The molecule has 4 nitrogen and oxygen atoms in total. The van der Waals surface area contributed by atoms with Crippen LogP contribution in [0, 0.1) is 5.92 Å². The smallest absolute Gasteiger partial charge is 0.211 e. The molecule has 0 aromatic carbocycles. The maximum absolute atomic E-state index is 11.5. The third kappa shape index (κ3) is 4.26. The van der Waals surface area contributed by atoms with Crippen LogP contribution in [-0.2, 0) is 10.0 Å². The molecule has 1 rings (SSSR count). The van der Waals surface area contributed by atoms with Crippen LogP contribution in [0.3, 0.4) is 0 Å². The lowest BCUT2D eigenvalue weighted by Gasteiger charge is -2.36. The van der Waals surface area contributed by atoms with Gasteiger partial charge in [0.25, 0.3) is 0 Å². The SMILES string of the molecule is CC(CCl)CS(=O)(=O)NCC1(O)CCC1. The van der Waals surface area contributed by atoms with Crippen LogP contribution in [0.5, 0.6) is 0 Å². The topological polar surface area (TPSA) is 66.4 Å². The Labute approximate surface area is 96.1 Å². The molecule has 90 valence electrons. The summed E-state index contributed by atoms with van der Waals surface area (Å²) in [5.74, 6) is 0.276. The molecule has 0 bridgehead atoms. The molecule has 0 heterocycles. The monoisotopic (exact) mass is 255 g/mol. The molecule has 2 N–H and O–H groups in total. The second-order valence-corrected chi connectivity index (χ2v) is 6.60. The van der Waals surface area contributed by atoms with Gasteiger partial charge in [-0.15, -0.1) is 11.6 Å². The van der Waals surface area contributed by atoms with Crippen molar-refractivity contribution in [1.29, 1.82) is 0 Å². The fourth-order valence-corrected chi connectivity index (χ4v) is 3.20. The number of rotatable bonds is 6. The van der Waals surface area contributed by atoms with Crippen molar-refractivity contribution in [2.75, 3.05) is 18.2 Å². The molecule has 0 spiro atoms. The number of sulfonamides is 1. The van der Waals surface area contributed by atoms with E-state index in [2.05, 4.69) is 4.72 Å². The summed E-state index contributed by atoms with van der Waals surface area (Å²) in [6.07, 6.45) is 2.33. The van der Waals surface area contributed by atoms with Gasteiger partial charge in [0.05, 0.1) is 11.4 Å². The van der Waals surface area contributed by atoms with Gasteiger partial charge in [-0.3, -0.25) is 0 Å². The van der Waals surface area contributed by atoms with Gasteiger partial charge in [-0.25, -0.2) is 13.1 Å². The Hall–Kier alpha value is 0.160. The Morgan fingerprint density at radius 2 is 2.13 bits per heavy atom. The number of hydrogen-bond acceptors (Lipinski definition) is 3. The van der Waals surface area contributed by atoms with Gasteiger partial charge in [0.2, 0.25) is 10.0 Å². The molecular formula is C9H18ClNO3S. The maximum Gasteiger partial charge on any atom is 0.211 e. The molecule has 0 amide bonds. The molecule has 1 fully saturated rings. The molecule has 1 unspecified atom stereocenters. The Morgan fingerprint density at radius 3 is 2.53 bits per heavy atom. The Morgan fingerprint density at radius 1 is 1.53 bits per heavy atom. The second kappa shape index (κ2) is 4.99. The molecule has 0 aromatic rings. The summed E-state index contributed by atoms with van der Waals surface area (Å²) in [5, 5.41) is 9.71. The molecule has 1 aliphatic rings. The summed E-state index contributed by atoms with van der Waals surface area (Å²) < 4.78 is 25.4. The number of alkyl halides is 1. The second-order valence-electron chi connectivity index (χ2n) is 4.44. The normalized spacial score (nSPS) is 22.1. The van der Waals surface area contributed by atoms with E-state index in [1.165, 1.54) is 0 Å². The lowest BCUT2D eigenvalue weighted by Crippen LogP contribution is -2.48. The van der Waals surface area contributed by atoms with Crippen molar-refractivity contribution in [3.8, 4) is 0 Å². The Kier molecular flexibility index (Phi) is 4.40. The molecule has 1 aliphatic carbocycles. The number of hydrogen-bond donors (Lipinski definition) is 2. The molecule has 1 atom stereocenters. The highest BCUT2D eigenvalue weighted by Crippen LogP contribution is 2.30. The highest BCUT2D eigenvalue weighted by molar-refractivity contribution is 7.89. The van der Waals surface area contributed by atoms with E-state index in [9.17, 15) is 13.5 Å². The van der Waals surface area contributed by atoms with E-state index in [-0.39, 0.29) is 18.2 Å². The molecule has 0 aliphatic heterocycles. The first-order valence-corrected chi connectivity index (χ1v) is 7.31. The van der Waals surface area contributed by atoms with Gasteiger partial charge >= 0.3 is 0 Å². The predicted octanol–water partition coefficient (Wildman–Crippen LogP) is 0.696. The predicted molar refractivity (Wildman–Crippen MR) is 60.5 cm³/mol. The van der Waals surface area contributed by atoms with Gasteiger partial charge in [-0.1, -0.05) is 6.92 Å². The van der Waals surface area contributed by atoms with E-state index in [0.717, 1.165) is 6.42 Å². The zero-order chi connectivity index (χ0) is 11.5. The van der Waals surface area contributed by atoms with Crippen LogP contribution >= 0.6 is 11.6 Å². The zero-order valence-electron chi connectivity index (χ0n) is 8.87. The number of nitrogens with one attached hydrogen (secondary N) is 1. The largest absolute Gasteiger partial charge is 0.389 e. The average Bonchev–Trinajstić information content (AvgIpc) is 2.11. The lowest BCUT2D eigenvalue weighted by molar-refractivity contribution is -0.0271. The van der Waals surface area contributed by atoms with Crippen LogP contribution < -0.4 is 4.72 Å².